The third-order valence-electron chi connectivity index (χ3n) is 4.07. The molecule has 0 fully saturated rings. The van der Waals surface area contributed by atoms with Crippen molar-refractivity contribution in [2.45, 2.75) is 39.5 Å². The second-order valence-corrected chi connectivity index (χ2v) is 7.01. The molecule has 0 radical (unpaired) electrons. The van der Waals surface area contributed by atoms with Crippen LogP contribution in [-0.4, -0.2) is 20.1 Å². The predicted octanol–water partition coefficient (Wildman–Crippen LogP) is 5.13. The Hall–Kier alpha value is -2.47. The summed E-state index contributed by atoms with van der Waals surface area (Å²) in [6.07, 6.45) is 3.71. The fourth-order valence-corrected chi connectivity index (χ4v) is 3.59. The van der Waals surface area contributed by atoms with Crippen molar-refractivity contribution in [3.63, 3.8) is 0 Å². The van der Waals surface area contributed by atoms with Crippen molar-refractivity contribution in [3.8, 4) is 16.3 Å². The lowest BCUT2D eigenvalue weighted by Gasteiger charge is -2.09. The summed E-state index contributed by atoms with van der Waals surface area (Å²) in [6.45, 7) is 6.50. The van der Waals surface area contributed by atoms with Gasteiger partial charge < -0.3 is 10.4 Å². The van der Waals surface area contributed by atoms with Crippen molar-refractivity contribution < 1.29 is 5.11 Å². The van der Waals surface area contributed by atoms with E-state index >= 15 is 0 Å². The molecule has 130 valence electrons. The first kappa shape index (κ1) is 17.4. The lowest BCUT2D eigenvalue weighted by Crippen LogP contribution is -1.99. The van der Waals surface area contributed by atoms with Crippen LogP contribution >= 0.6 is 11.3 Å². The van der Waals surface area contributed by atoms with Gasteiger partial charge in [0.2, 0.25) is 5.95 Å². The summed E-state index contributed by atoms with van der Waals surface area (Å²) < 4.78 is 0. The van der Waals surface area contributed by atoms with Gasteiger partial charge in [-0.1, -0.05) is 26.8 Å². The van der Waals surface area contributed by atoms with Crippen molar-refractivity contribution in [3.05, 3.63) is 47.2 Å². The molecule has 2 aromatic heterocycles. The van der Waals surface area contributed by atoms with E-state index in [9.17, 15) is 5.11 Å². The summed E-state index contributed by atoms with van der Waals surface area (Å²) in [5.74, 6) is 1.10. The number of aromatic hydroxyl groups is 1. The molecule has 0 aliphatic heterocycles. The maximum atomic E-state index is 9.59. The zero-order chi connectivity index (χ0) is 17.8. The molecular weight excluding hydrogens is 332 g/mol. The number of aryl methyl sites for hydroxylation is 1. The Morgan fingerprint density at radius 2 is 2.04 bits per heavy atom. The maximum Gasteiger partial charge on any atom is 0.227 e. The first-order valence-electron chi connectivity index (χ1n) is 8.49. The lowest BCUT2D eigenvalue weighted by molar-refractivity contribution is 0.475. The number of nitrogens with zero attached hydrogens (tertiary/aromatic N) is 3. The number of benzene rings is 1. The molecule has 3 rings (SSSR count). The van der Waals surface area contributed by atoms with Gasteiger partial charge in [0.05, 0.1) is 21.3 Å². The summed E-state index contributed by atoms with van der Waals surface area (Å²) >= 11 is 1.70. The van der Waals surface area contributed by atoms with Gasteiger partial charge in [0.25, 0.3) is 0 Å². The van der Waals surface area contributed by atoms with Gasteiger partial charge >= 0.3 is 0 Å². The number of thiazole rings is 1. The van der Waals surface area contributed by atoms with Crippen LogP contribution in [-0.2, 0) is 6.42 Å². The minimum atomic E-state index is 0.204. The summed E-state index contributed by atoms with van der Waals surface area (Å²) in [5.41, 5.74) is 2.74. The lowest BCUT2D eigenvalue weighted by atomic mass is 10.0. The number of phenols is 1. The summed E-state index contributed by atoms with van der Waals surface area (Å²) in [5, 5.41) is 13.9. The molecule has 0 saturated heterocycles. The van der Waals surface area contributed by atoms with Crippen molar-refractivity contribution in [1.82, 2.24) is 15.0 Å². The van der Waals surface area contributed by atoms with E-state index in [-0.39, 0.29) is 5.75 Å². The van der Waals surface area contributed by atoms with Crippen molar-refractivity contribution >= 4 is 23.0 Å². The average Bonchev–Trinajstić information content (AvgIpc) is 3.06. The fraction of sp³-hybridized carbons (Fsp3) is 0.316. The summed E-state index contributed by atoms with van der Waals surface area (Å²) in [7, 11) is 0. The van der Waals surface area contributed by atoms with Crippen LogP contribution in [0, 0.1) is 0 Å². The Labute approximate surface area is 151 Å². The van der Waals surface area contributed by atoms with E-state index in [4.69, 9.17) is 4.98 Å². The molecule has 25 heavy (non-hydrogen) atoms. The average molecular weight is 354 g/mol. The number of hydrogen-bond donors (Lipinski definition) is 2. The highest BCUT2D eigenvalue weighted by molar-refractivity contribution is 7.15. The third kappa shape index (κ3) is 3.96. The first-order chi connectivity index (χ1) is 12.1. The van der Waals surface area contributed by atoms with Gasteiger partial charge in [0.1, 0.15) is 5.75 Å². The third-order valence-corrected chi connectivity index (χ3v) is 5.31. The highest BCUT2D eigenvalue weighted by Gasteiger charge is 2.18. The maximum absolute atomic E-state index is 9.59. The molecule has 2 heterocycles. The molecule has 6 heteroatoms. The van der Waals surface area contributed by atoms with E-state index in [1.54, 1.807) is 35.7 Å². The van der Waals surface area contributed by atoms with E-state index in [1.807, 2.05) is 12.1 Å². The van der Waals surface area contributed by atoms with Gasteiger partial charge in [-0.3, -0.25) is 0 Å². The Morgan fingerprint density at radius 3 is 2.76 bits per heavy atom. The second-order valence-electron chi connectivity index (χ2n) is 5.93. The molecular formula is C19H22N4OS. The second kappa shape index (κ2) is 7.61. The highest BCUT2D eigenvalue weighted by atomic mass is 32.1. The van der Waals surface area contributed by atoms with Crippen molar-refractivity contribution in [1.29, 1.82) is 0 Å². The molecule has 0 aliphatic carbocycles. The first-order valence-corrected chi connectivity index (χ1v) is 9.31. The van der Waals surface area contributed by atoms with Crippen LogP contribution < -0.4 is 5.32 Å². The standard InChI is InChI=1S/C19H22N4OS/c1-4-12(3)17-18(25-16(5-2)23-17)15-9-10-20-19(22-15)21-13-7-6-8-14(24)11-13/h6-12,24H,4-5H2,1-3H3,(H,20,21,22). The Morgan fingerprint density at radius 1 is 1.20 bits per heavy atom. The van der Waals surface area contributed by atoms with Crippen molar-refractivity contribution in [2.75, 3.05) is 5.32 Å². The van der Waals surface area contributed by atoms with Crippen LogP contribution in [0.3, 0.4) is 0 Å². The number of aromatic nitrogens is 3. The molecule has 1 atom stereocenters. The zero-order valence-corrected chi connectivity index (χ0v) is 15.5. The number of phenolic OH excluding ortho intramolecular Hbond substituents is 1. The Bertz CT molecular complexity index is 862. The normalized spacial score (nSPS) is 12.1. The molecule has 0 amide bonds. The van der Waals surface area contributed by atoms with Crippen LogP contribution in [0.5, 0.6) is 5.75 Å². The van der Waals surface area contributed by atoms with E-state index in [2.05, 4.69) is 36.1 Å². The Balaban J connectivity index is 1.95. The van der Waals surface area contributed by atoms with Crippen LogP contribution in [0.2, 0.25) is 0 Å². The monoisotopic (exact) mass is 354 g/mol. The molecule has 0 aliphatic rings. The summed E-state index contributed by atoms with van der Waals surface area (Å²) in [4.78, 5) is 14.9. The predicted molar refractivity (Wildman–Crippen MR) is 103 cm³/mol. The van der Waals surface area contributed by atoms with Crippen LogP contribution in [0.25, 0.3) is 10.6 Å². The molecule has 0 saturated carbocycles. The van der Waals surface area contributed by atoms with E-state index < -0.39 is 0 Å². The van der Waals surface area contributed by atoms with Crippen LogP contribution in [0.1, 0.15) is 43.8 Å². The van der Waals surface area contributed by atoms with Gasteiger partial charge in [-0.25, -0.2) is 15.0 Å². The minimum Gasteiger partial charge on any atom is -0.508 e. The number of nitrogens with one attached hydrogen (secondary N) is 1. The molecule has 3 aromatic rings. The topological polar surface area (TPSA) is 70.9 Å². The van der Waals surface area contributed by atoms with Gasteiger partial charge in [-0.05, 0) is 37.0 Å². The smallest absolute Gasteiger partial charge is 0.227 e. The largest absolute Gasteiger partial charge is 0.508 e. The quantitative estimate of drug-likeness (QED) is 0.642. The molecule has 5 nitrogen and oxygen atoms in total. The number of rotatable bonds is 6. The molecule has 0 bridgehead atoms. The zero-order valence-electron chi connectivity index (χ0n) is 14.7. The van der Waals surface area contributed by atoms with Gasteiger partial charge in [0.15, 0.2) is 0 Å². The highest BCUT2D eigenvalue weighted by Crippen LogP contribution is 2.35. The number of anilines is 2. The number of hydrogen-bond acceptors (Lipinski definition) is 6. The van der Waals surface area contributed by atoms with Crippen LogP contribution in [0.15, 0.2) is 36.5 Å². The van der Waals surface area contributed by atoms with E-state index in [1.165, 1.54) is 0 Å². The minimum absolute atomic E-state index is 0.204. The molecule has 0 spiro atoms. The Kier molecular flexibility index (Phi) is 5.28. The van der Waals surface area contributed by atoms with Gasteiger partial charge in [0, 0.05) is 18.0 Å². The van der Waals surface area contributed by atoms with E-state index in [0.29, 0.717) is 11.9 Å². The molecule has 1 aromatic carbocycles. The van der Waals surface area contributed by atoms with Gasteiger partial charge in [-0.15, -0.1) is 11.3 Å². The fourth-order valence-electron chi connectivity index (χ4n) is 2.50. The van der Waals surface area contributed by atoms with Gasteiger partial charge in [-0.2, -0.15) is 0 Å². The van der Waals surface area contributed by atoms with Crippen LogP contribution in [0.4, 0.5) is 11.6 Å². The summed E-state index contributed by atoms with van der Waals surface area (Å²) in [6, 6.07) is 8.83. The molecule has 2 N–H and O–H groups in total. The molecule has 1 unspecified atom stereocenters. The van der Waals surface area contributed by atoms with E-state index in [0.717, 1.165) is 39.8 Å². The SMILES string of the molecule is CCc1nc(C(C)CC)c(-c2ccnc(Nc3cccc(O)c3)n2)s1. The van der Waals surface area contributed by atoms with Crippen molar-refractivity contribution in [2.24, 2.45) is 0 Å².